The second-order valence-corrected chi connectivity index (χ2v) is 8.18. The molecule has 6 nitrogen and oxygen atoms in total. The van der Waals surface area contributed by atoms with Crippen LogP contribution in [0.2, 0.25) is 0 Å². The lowest BCUT2D eigenvalue weighted by molar-refractivity contribution is 0.0505. The minimum Gasteiger partial charge on any atom is -0.444 e. The molecule has 0 spiro atoms. The van der Waals surface area contributed by atoms with Gasteiger partial charge in [-0.05, 0) is 51.5 Å². The number of nitrogens with one attached hydrogen (secondary N) is 2. The average molecular weight is 383 g/mol. The number of amides is 3. The Kier molecular flexibility index (Phi) is 6.07. The van der Waals surface area contributed by atoms with Gasteiger partial charge in [0.15, 0.2) is 0 Å². The van der Waals surface area contributed by atoms with Crippen LogP contribution in [0.5, 0.6) is 0 Å². The topological polar surface area (TPSA) is 70.7 Å². The third-order valence-corrected chi connectivity index (χ3v) is 4.80. The van der Waals surface area contributed by atoms with E-state index in [0.717, 1.165) is 35.7 Å². The van der Waals surface area contributed by atoms with Crippen molar-refractivity contribution in [1.29, 1.82) is 0 Å². The van der Waals surface area contributed by atoms with Gasteiger partial charge in [-0.2, -0.15) is 0 Å². The van der Waals surface area contributed by atoms with Crippen molar-refractivity contribution >= 4 is 28.6 Å². The van der Waals surface area contributed by atoms with Gasteiger partial charge in [-0.15, -0.1) is 0 Å². The first kappa shape index (κ1) is 20.0. The molecule has 0 aliphatic carbocycles. The zero-order valence-electron chi connectivity index (χ0n) is 16.8. The Balaban J connectivity index is 1.66. The maximum absolute atomic E-state index is 13.0. The number of anilines is 1. The van der Waals surface area contributed by atoms with Gasteiger partial charge in [-0.25, -0.2) is 9.59 Å². The third kappa shape index (κ3) is 5.15. The zero-order valence-corrected chi connectivity index (χ0v) is 16.8. The monoisotopic (exact) mass is 383 g/mol. The van der Waals surface area contributed by atoms with Gasteiger partial charge in [-0.1, -0.05) is 36.4 Å². The van der Waals surface area contributed by atoms with Gasteiger partial charge in [-0.3, -0.25) is 0 Å². The Morgan fingerprint density at radius 1 is 1.11 bits per heavy atom. The van der Waals surface area contributed by atoms with Crippen molar-refractivity contribution < 1.29 is 14.3 Å². The fourth-order valence-corrected chi connectivity index (χ4v) is 3.52. The number of rotatable bonds is 3. The van der Waals surface area contributed by atoms with Crippen molar-refractivity contribution in [2.75, 3.05) is 18.4 Å². The standard InChI is InChI=1S/C22H29N3O3/c1-22(2,3)28-21(27)23-15-17-11-6-7-14-25(17)20(26)24-19-13-8-10-16-9-4-5-12-18(16)19/h4-5,8-10,12-13,17H,6-7,11,14-15H2,1-3H3,(H,23,27)(H,24,26)/t17-/m1/s1. The van der Waals surface area contributed by atoms with E-state index in [1.807, 2.05) is 68.1 Å². The first-order valence-electron chi connectivity index (χ1n) is 9.86. The van der Waals surface area contributed by atoms with Crippen LogP contribution in [0.25, 0.3) is 10.8 Å². The van der Waals surface area contributed by atoms with E-state index in [2.05, 4.69) is 10.6 Å². The fourth-order valence-electron chi connectivity index (χ4n) is 3.52. The molecule has 2 N–H and O–H groups in total. The van der Waals surface area contributed by atoms with Crippen molar-refractivity contribution in [3.05, 3.63) is 42.5 Å². The number of carbonyl (C=O) groups excluding carboxylic acids is 2. The number of nitrogens with zero attached hydrogens (tertiary/aromatic N) is 1. The predicted octanol–water partition coefficient (Wildman–Crippen LogP) is 4.75. The molecule has 3 amide bonds. The highest BCUT2D eigenvalue weighted by atomic mass is 16.6. The second kappa shape index (κ2) is 8.50. The van der Waals surface area contributed by atoms with Crippen LogP contribution in [0.1, 0.15) is 40.0 Å². The maximum atomic E-state index is 13.0. The molecule has 0 radical (unpaired) electrons. The molecule has 3 rings (SSSR count). The summed E-state index contributed by atoms with van der Waals surface area (Å²) in [6.45, 7) is 6.56. The summed E-state index contributed by atoms with van der Waals surface area (Å²) in [5, 5.41) is 7.96. The van der Waals surface area contributed by atoms with E-state index in [9.17, 15) is 9.59 Å². The number of piperidine rings is 1. The molecule has 0 unspecified atom stereocenters. The number of ether oxygens (including phenoxy) is 1. The summed E-state index contributed by atoms with van der Waals surface area (Å²) < 4.78 is 5.30. The lowest BCUT2D eigenvalue weighted by atomic mass is 10.0. The lowest BCUT2D eigenvalue weighted by Crippen LogP contribution is -2.51. The maximum Gasteiger partial charge on any atom is 0.407 e. The predicted molar refractivity (Wildman–Crippen MR) is 112 cm³/mol. The molecule has 0 saturated carbocycles. The van der Waals surface area contributed by atoms with Gasteiger partial charge in [0.05, 0.1) is 11.7 Å². The quantitative estimate of drug-likeness (QED) is 0.803. The molecule has 28 heavy (non-hydrogen) atoms. The highest BCUT2D eigenvalue weighted by Gasteiger charge is 2.28. The normalized spacial score (nSPS) is 17.2. The first-order chi connectivity index (χ1) is 13.3. The van der Waals surface area contributed by atoms with Gasteiger partial charge in [0.25, 0.3) is 0 Å². The van der Waals surface area contributed by atoms with Crippen LogP contribution in [-0.4, -0.2) is 41.8 Å². The minimum absolute atomic E-state index is 0.0451. The van der Waals surface area contributed by atoms with E-state index in [1.165, 1.54) is 0 Å². The number of alkyl carbamates (subject to hydrolysis) is 1. The first-order valence-corrected chi connectivity index (χ1v) is 9.86. The van der Waals surface area contributed by atoms with Gasteiger partial charge in [0, 0.05) is 18.5 Å². The highest BCUT2D eigenvalue weighted by molar-refractivity contribution is 6.01. The Morgan fingerprint density at radius 2 is 1.86 bits per heavy atom. The summed E-state index contributed by atoms with van der Waals surface area (Å²) in [7, 11) is 0. The second-order valence-electron chi connectivity index (χ2n) is 8.18. The molecular weight excluding hydrogens is 354 g/mol. The lowest BCUT2D eigenvalue weighted by Gasteiger charge is -2.36. The number of benzene rings is 2. The molecule has 0 bridgehead atoms. The minimum atomic E-state index is -0.540. The summed E-state index contributed by atoms with van der Waals surface area (Å²) in [6.07, 6.45) is 2.41. The Labute approximate surface area is 166 Å². The zero-order chi connectivity index (χ0) is 20.1. The van der Waals surface area contributed by atoms with Crippen LogP contribution in [0.4, 0.5) is 15.3 Å². The van der Waals surface area contributed by atoms with Crippen LogP contribution >= 0.6 is 0 Å². The van der Waals surface area contributed by atoms with Crippen LogP contribution < -0.4 is 10.6 Å². The van der Waals surface area contributed by atoms with Crippen LogP contribution in [0.3, 0.4) is 0 Å². The highest BCUT2D eigenvalue weighted by Crippen LogP contribution is 2.24. The third-order valence-electron chi connectivity index (χ3n) is 4.80. The molecule has 1 heterocycles. The number of fused-ring (bicyclic) bond motifs is 1. The Hall–Kier alpha value is -2.76. The largest absolute Gasteiger partial charge is 0.444 e. The van der Waals surface area contributed by atoms with E-state index < -0.39 is 11.7 Å². The van der Waals surface area contributed by atoms with Gasteiger partial charge in [0.1, 0.15) is 5.60 Å². The SMILES string of the molecule is CC(C)(C)OC(=O)NC[C@H]1CCCCN1C(=O)Nc1cccc2ccccc12. The fraction of sp³-hybridized carbons (Fsp3) is 0.455. The number of carbonyl (C=O) groups is 2. The van der Waals surface area contributed by atoms with Crippen molar-refractivity contribution in [3.8, 4) is 0 Å². The smallest absolute Gasteiger partial charge is 0.407 e. The number of urea groups is 1. The van der Waals surface area contributed by atoms with Gasteiger partial charge in [0.2, 0.25) is 0 Å². The van der Waals surface area contributed by atoms with Crippen molar-refractivity contribution in [3.63, 3.8) is 0 Å². The summed E-state index contributed by atoms with van der Waals surface area (Å²) in [5.41, 5.74) is 0.259. The Bertz CT molecular complexity index is 839. The molecular formula is C22H29N3O3. The van der Waals surface area contributed by atoms with Crippen LogP contribution in [0, 0.1) is 0 Å². The van der Waals surface area contributed by atoms with Gasteiger partial charge < -0.3 is 20.3 Å². The van der Waals surface area contributed by atoms with Crippen molar-refractivity contribution in [1.82, 2.24) is 10.2 Å². The summed E-state index contributed by atoms with van der Waals surface area (Å²) >= 11 is 0. The van der Waals surface area contributed by atoms with E-state index in [-0.39, 0.29) is 12.1 Å². The van der Waals surface area contributed by atoms with E-state index in [1.54, 1.807) is 0 Å². The average Bonchev–Trinajstić information content (AvgIpc) is 2.65. The molecule has 1 aliphatic heterocycles. The van der Waals surface area contributed by atoms with Crippen molar-refractivity contribution in [2.45, 2.75) is 51.7 Å². The van der Waals surface area contributed by atoms with Crippen LogP contribution in [0.15, 0.2) is 42.5 Å². The van der Waals surface area contributed by atoms with Gasteiger partial charge >= 0.3 is 12.1 Å². The van der Waals surface area contributed by atoms with E-state index >= 15 is 0 Å². The summed E-state index contributed by atoms with van der Waals surface area (Å²) in [6, 6.07) is 13.7. The molecule has 6 heteroatoms. The number of likely N-dealkylation sites (tertiary alicyclic amines) is 1. The molecule has 1 saturated heterocycles. The number of hydrogen-bond acceptors (Lipinski definition) is 3. The molecule has 150 valence electrons. The molecule has 1 atom stereocenters. The molecule has 0 aromatic heterocycles. The van der Waals surface area contributed by atoms with Crippen molar-refractivity contribution in [2.24, 2.45) is 0 Å². The summed E-state index contributed by atoms with van der Waals surface area (Å²) in [5.74, 6) is 0. The molecule has 2 aromatic carbocycles. The molecule has 1 aliphatic rings. The van der Waals surface area contributed by atoms with Crippen LogP contribution in [-0.2, 0) is 4.74 Å². The Morgan fingerprint density at radius 3 is 2.64 bits per heavy atom. The number of hydrogen-bond donors (Lipinski definition) is 2. The van der Waals surface area contributed by atoms with E-state index in [4.69, 9.17) is 4.74 Å². The molecule has 2 aromatic rings. The summed E-state index contributed by atoms with van der Waals surface area (Å²) in [4.78, 5) is 26.8. The van der Waals surface area contributed by atoms with E-state index in [0.29, 0.717) is 13.1 Å². The molecule has 1 fully saturated rings.